The lowest BCUT2D eigenvalue weighted by Gasteiger charge is -2.23. The number of carboxylic acid groups (broad SMARTS) is 1. The molecular weight excluding hydrogens is 154 g/mol. The Bertz CT molecular complexity index is 221. The predicted octanol–water partition coefficient (Wildman–Crippen LogP) is 0.889. The van der Waals surface area contributed by atoms with Gasteiger partial charge >= 0.3 is 5.97 Å². The Labute approximate surface area is 72.0 Å². The normalized spacial score (nSPS) is 18.5. The minimum Gasteiger partial charge on any atom is -0.478 e. The first-order valence-electron chi connectivity index (χ1n) is 3.99. The lowest BCUT2D eigenvalue weighted by molar-refractivity contribution is -0.133. The molecular formula is C9H13NO2. The summed E-state index contributed by atoms with van der Waals surface area (Å²) in [5.41, 5.74) is 0.503. The zero-order valence-electron chi connectivity index (χ0n) is 6.99. The molecule has 0 aromatic rings. The quantitative estimate of drug-likeness (QED) is 0.634. The van der Waals surface area contributed by atoms with Crippen molar-refractivity contribution in [2.24, 2.45) is 0 Å². The van der Waals surface area contributed by atoms with Crippen LogP contribution < -0.4 is 0 Å². The maximum Gasteiger partial charge on any atom is 0.332 e. The first-order valence-corrected chi connectivity index (χ1v) is 3.99. The standard InChI is InChI=1S/C9H13NO2/c1-2-5-10-6-3-4-8(7-10)9(11)12/h2,4H,1,3,5-7H2,(H,11,12). The Morgan fingerprint density at radius 1 is 1.83 bits per heavy atom. The van der Waals surface area contributed by atoms with Gasteiger partial charge in [0.1, 0.15) is 0 Å². The number of carbonyl (C=O) groups is 1. The number of carboxylic acids is 1. The fourth-order valence-corrected chi connectivity index (χ4v) is 1.30. The van der Waals surface area contributed by atoms with Crippen molar-refractivity contribution in [3.8, 4) is 0 Å². The Morgan fingerprint density at radius 2 is 2.58 bits per heavy atom. The topological polar surface area (TPSA) is 40.5 Å². The van der Waals surface area contributed by atoms with Crippen molar-refractivity contribution in [3.05, 3.63) is 24.3 Å². The molecule has 3 heteroatoms. The highest BCUT2D eigenvalue weighted by Crippen LogP contribution is 2.08. The van der Waals surface area contributed by atoms with E-state index in [1.165, 1.54) is 0 Å². The molecule has 0 atom stereocenters. The molecule has 0 bridgehead atoms. The number of nitrogens with zero attached hydrogens (tertiary/aromatic N) is 1. The molecule has 12 heavy (non-hydrogen) atoms. The van der Waals surface area contributed by atoms with E-state index >= 15 is 0 Å². The number of hydrogen-bond acceptors (Lipinski definition) is 2. The van der Waals surface area contributed by atoms with E-state index in [0.29, 0.717) is 12.1 Å². The highest BCUT2D eigenvalue weighted by atomic mass is 16.4. The van der Waals surface area contributed by atoms with Crippen LogP contribution in [0.15, 0.2) is 24.3 Å². The molecule has 1 N–H and O–H groups in total. The second-order valence-corrected chi connectivity index (χ2v) is 2.85. The second-order valence-electron chi connectivity index (χ2n) is 2.85. The summed E-state index contributed by atoms with van der Waals surface area (Å²) in [5, 5.41) is 8.70. The van der Waals surface area contributed by atoms with Crippen molar-refractivity contribution < 1.29 is 9.90 Å². The maximum atomic E-state index is 10.6. The first kappa shape index (κ1) is 9.00. The smallest absolute Gasteiger partial charge is 0.332 e. The third-order valence-electron chi connectivity index (χ3n) is 1.89. The fourth-order valence-electron chi connectivity index (χ4n) is 1.30. The Hall–Kier alpha value is -1.09. The largest absolute Gasteiger partial charge is 0.478 e. The van der Waals surface area contributed by atoms with Gasteiger partial charge in [0.15, 0.2) is 0 Å². The average molecular weight is 167 g/mol. The first-order chi connectivity index (χ1) is 5.74. The average Bonchev–Trinajstić information content (AvgIpc) is 2.05. The molecule has 0 aliphatic carbocycles. The van der Waals surface area contributed by atoms with Crippen molar-refractivity contribution in [3.63, 3.8) is 0 Å². The number of aliphatic carboxylic acids is 1. The van der Waals surface area contributed by atoms with Crippen molar-refractivity contribution >= 4 is 5.97 Å². The molecule has 0 aromatic carbocycles. The Kier molecular flexibility index (Phi) is 3.05. The van der Waals surface area contributed by atoms with Crippen LogP contribution in [0, 0.1) is 0 Å². The van der Waals surface area contributed by atoms with E-state index in [-0.39, 0.29) is 0 Å². The zero-order chi connectivity index (χ0) is 8.97. The molecule has 0 spiro atoms. The summed E-state index contributed by atoms with van der Waals surface area (Å²) in [4.78, 5) is 12.6. The van der Waals surface area contributed by atoms with Gasteiger partial charge in [-0.05, 0) is 6.42 Å². The van der Waals surface area contributed by atoms with Crippen LogP contribution in [0.2, 0.25) is 0 Å². The van der Waals surface area contributed by atoms with Crippen LogP contribution in [0.5, 0.6) is 0 Å². The Morgan fingerprint density at radius 3 is 3.17 bits per heavy atom. The molecule has 0 saturated carbocycles. The summed E-state index contributed by atoms with van der Waals surface area (Å²) in [6, 6.07) is 0. The van der Waals surface area contributed by atoms with Crippen LogP contribution in [0.25, 0.3) is 0 Å². The summed E-state index contributed by atoms with van der Waals surface area (Å²) < 4.78 is 0. The van der Waals surface area contributed by atoms with Gasteiger partial charge in [0, 0.05) is 25.2 Å². The minimum atomic E-state index is -0.802. The van der Waals surface area contributed by atoms with Gasteiger partial charge < -0.3 is 5.11 Å². The second kappa shape index (κ2) is 4.07. The predicted molar refractivity (Wildman–Crippen MR) is 47.0 cm³/mol. The molecule has 1 aliphatic heterocycles. The van der Waals surface area contributed by atoms with Crippen LogP contribution in [-0.2, 0) is 4.79 Å². The number of hydrogen-bond donors (Lipinski definition) is 1. The van der Waals surface area contributed by atoms with Crippen molar-refractivity contribution in [2.45, 2.75) is 6.42 Å². The third-order valence-corrected chi connectivity index (χ3v) is 1.89. The van der Waals surface area contributed by atoms with Gasteiger partial charge in [0.2, 0.25) is 0 Å². The summed E-state index contributed by atoms with van der Waals surface area (Å²) in [6.07, 6.45) is 4.42. The molecule has 3 nitrogen and oxygen atoms in total. The van der Waals surface area contributed by atoms with Gasteiger partial charge in [-0.25, -0.2) is 4.79 Å². The summed E-state index contributed by atoms with van der Waals surface area (Å²) in [6.45, 7) is 5.86. The van der Waals surface area contributed by atoms with Crippen LogP contribution in [0.3, 0.4) is 0 Å². The van der Waals surface area contributed by atoms with Gasteiger partial charge in [-0.1, -0.05) is 12.2 Å². The van der Waals surface area contributed by atoms with Crippen LogP contribution in [0.4, 0.5) is 0 Å². The van der Waals surface area contributed by atoms with Crippen molar-refractivity contribution in [1.29, 1.82) is 0 Å². The fraction of sp³-hybridized carbons (Fsp3) is 0.444. The van der Waals surface area contributed by atoms with E-state index in [1.807, 2.05) is 0 Å². The molecule has 1 heterocycles. The number of rotatable bonds is 3. The third kappa shape index (κ3) is 2.20. The molecule has 0 fully saturated rings. The van der Waals surface area contributed by atoms with Crippen LogP contribution >= 0.6 is 0 Å². The van der Waals surface area contributed by atoms with Gasteiger partial charge in [0.05, 0.1) is 0 Å². The van der Waals surface area contributed by atoms with Crippen LogP contribution in [-0.4, -0.2) is 35.6 Å². The lowest BCUT2D eigenvalue weighted by Crippen LogP contribution is -2.32. The van der Waals surface area contributed by atoms with E-state index < -0.39 is 5.97 Å². The van der Waals surface area contributed by atoms with Gasteiger partial charge in [0.25, 0.3) is 0 Å². The summed E-state index contributed by atoms with van der Waals surface area (Å²) in [5.74, 6) is -0.802. The Balaban J connectivity index is 2.53. The molecule has 0 amide bonds. The molecule has 0 aromatic heterocycles. The molecule has 0 unspecified atom stereocenters. The molecule has 0 radical (unpaired) electrons. The maximum absolute atomic E-state index is 10.6. The van der Waals surface area contributed by atoms with E-state index in [4.69, 9.17) is 5.11 Å². The molecule has 66 valence electrons. The highest BCUT2D eigenvalue weighted by Gasteiger charge is 2.15. The minimum absolute atomic E-state index is 0.503. The molecule has 1 rings (SSSR count). The van der Waals surface area contributed by atoms with Gasteiger partial charge in [-0.15, -0.1) is 6.58 Å². The van der Waals surface area contributed by atoms with Crippen LogP contribution in [0.1, 0.15) is 6.42 Å². The van der Waals surface area contributed by atoms with Gasteiger partial charge in [-0.2, -0.15) is 0 Å². The SMILES string of the molecule is C=CCN1CCC=C(C(=O)O)C1. The summed E-state index contributed by atoms with van der Waals surface area (Å²) >= 11 is 0. The van der Waals surface area contributed by atoms with Crippen molar-refractivity contribution in [1.82, 2.24) is 4.90 Å². The van der Waals surface area contributed by atoms with E-state index in [9.17, 15) is 4.79 Å². The zero-order valence-corrected chi connectivity index (χ0v) is 6.99. The van der Waals surface area contributed by atoms with Crippen molar-refractivity contribution in [2.75, 3.05) is 19.6 Å². The summed E-state index contributed by atoms with van der Waals surface area (Å²) in [7, 11) is 0. The molecule has 1 aliphatic rings. The molecule has 0 saturated heterocycles. The van der Waals surface area contributed by atoms with Gasteiger partial charge in [-0.3, -0.25) is 4.90 Å². The lowest BCUT2D eigenvalue weighted by atomic mass is 10.1. The van der Waals surface area contributed by atoms with E-state index in [0.717, 1.165) is 19.5 Å². The monoisotopic (exact) mass is 167 g/mol. The van der Waals surface area contributed by atoms with E-state index in [1.54, 1.807) is 12.2 Å². The highest BCUT2D eigenvalue weighted by molar-refractivity contribution is 5.87. The van der Waals surface area contributed by atoms with E-state index in [2.05, 4.69) is 11.5 Å².